The average Bonchev–Trinajstić information content (AvgIpc) is 3.62. The first kappa shape index (κ1) is 25.0. The van der Waals surface area contributed by atoms with E-state index < -0.39 is 10.0 Å². The molecule has 1 atom stereocenters. The SMILES string of the molecule is NCC1CCC(CCc2ccc(-c3ccc(C4CCNC4)cc3)c(-c3nn[nH]n3)c2S(N)(=O)=O)CC1. The summed E-state index contributed by atoms with van der Waals surface area (Å²) in [4.78, 5) is 0.0983. The highest BCUT2D eigenvalue weighted by Gasteiger charge is 2.28. The lowest BCUT2D eigenvalue weighted by atomic mass is 9.79. The zero-order valence-electron chi connectivity index (χ0n) is 20.5. The number of aromatic nitrogens is 4. The lowest BCUT2D eigenvalue weighted by molar-refractivity contribution is 0.268. The van der Waals surface area contributed by atoms with Gasteiger partial charge in [0.25, 0.3) is 0 Å². The Morgan fingerprint density at radius 1 is 0.972 bits per heavy atom. The Labute approximate surface area is 212 Å². The molecule has 5 rings (SSSR count). The summed E-state index contributed by atoms with van der Waals surface area (Å²) in [5, 5.41) is 23.7. The Hall–Kier alpha value is -2.66. The molecule has 192 valence electrons. The smallest absolute Gasteiger partial charge is 0.239 e. The van der Waals surface area contributed by atoms with Gasteiger partial charge in [0.2, 0.25) is 15.8 Å². The highest BCUT2D eigenvalue weighted by molar-refractivity contribution is 7.89. The van der Waals surface area contributed by atoms with E-state index in [1.807, 2.05) is 24.3 Å². The predicted molar refractivity (Wildman–Crippen MR) is 139 cm³/mol. The number of primary sulfonamides is 1. The van der Waals surface area contributed by atoms with Crippen LogP contribution in [-0.4, -0.2) is 48.7 Å². The van der Waals surface area contributed by atoms with Crippen LogP contribution in [0.5, 0.6) is 0 Å². The van der Waals surface area contributed by atoms with E-state index in [2.05, 4.69) is 38.1 Å². The molecular weight excluding hydrogens is 474 g/mol. The standard InChI is InChI=1S/C26H35N7O2S/c27-15-18-3-1-17(2-4-18)5-6-21-11-12-23(20-9-7-19(8-10-20)22-13-14-29-16-22)24(25(21)36(28,34)35)26-30-32-33-31-26/h7-12,17-18,22,29H,1-6,13-16,27H2,(H2,28,34,35)(H,30,31,32,33). The third kappa shape index (κ3) is 5.36. The number of tetrazole rings is 1. The lowest BCUT2D eigenvalue weighted by Gasteiger charge is -2.28. The van der Waals surface area contributed by atoms with Crippen molar-refractivity contribution in [3.8, 4) is 22.5 Å². The minimum atomic E-state index is -4.05. The van der Waals surface area contributed by atoms with Crippen molar-refractivity contribution in [2.24, 2.45) is 22.7 Å². The molecule has 1 aromatic heterocycles. The van der Waals surface area contributed by atoms with Crippen molar-refractivity contribution in [3.63, 3.8) is 0 Å². The molecule has 0 spiro atoms. The third-order valence-corrected chi connectivity index (χ3v) is 9.00. The van der Waals surface area contributed by atoms with Gasteiger partial charge in [0.05, 0.1) is 10.5 Å². The molecule has 6 N–H and O–H groups in total. The summed E-state index contributed by atoms with van der Waals surface area (Å²) in [5.41, 5.74) is 9.85. The second-order valence-electron chi connectivity index (χ2n) is 10.2. The van der Waals surface area contributed by atoms with Gasteiger partial charge in [0, 0.05) is 6.54 Å². The van der Waals surface area contributed by atoms with E-state index in [0.29, 0.717) is 35.3 Å². The minimum Gasteiger partial charge on any atom is -0.330 e. The summed E-state index contributed by atoms with van der Waals surface area (Å²) in [7, 11) is -4.05. The quantitative estimate of drug-likeness (QED) is 0.364. The maximum atomic E-state index is 13.0. The fraction of sp³-hybridized carbons (Fsp3) is 0.500. The van der Waals surface area contributed by atoms with Crippen molar-refractivity contribution in [1.29, 1.82) is 0 Å². The number of rotatable bonds is 8. The van der Waals surface area contributed by atoms with Crippen molar-refractivity contribution in [3.05, 3.63) is 47.5 Å². The second-order valence-corrected chi connectivity index (χ2v) is 11.7. The topological polar surface area (TPSA) is 153 Å². The van der Waals surface area contributed by atoms with Gasteiger partial charge in [-0.05, 0) is 90.4 Å². The molecule has 1 aliphatic heterocycles. The van der Waals surface area contributed by atoms with Crippen molar-refractivity contribution in [2.45, 2.75) is 55.8 Å². The van der Waals surface area contributed by atoms with Crippen LogP contribution in [0.2, 0.25) is 0 Å². The highest BCUT2D eigenvalue weighted by atomic mass is 32.2. The van der Waals surface area contributed by atoms with Gasteiger partial charge in [-0.1, -0.05) is 49.2 Å². The average molecular weight is 510 g/mol. The number of aromatic amines is 1. The molecule has 1 aliphatic carbocycles. The van der Waals surface area contributed by atoms with E-state index in [-0.39, 0.29) is 10.7 Å². The van der Waals surface area contributed by atoms with E-state index in [9.17, 15) is 8.42 Å². The Morgan fingerprint density at radius 3 is 2.33 bits per heavy atom. The van der Waals surface area contributed by atoms with Gasteiger partial charge in [-0.3, -0.25) is 0 Å². The first-order chi connectivity index (χ1) is 17.4. The molecule has 0 radical (unpaired) electrons. The maximum Gasteiger partial charge on any atom is 0.239 e. The number of nitrogens with zero attached hydrogens (tertiary/aromatic N) is 3. The maximum absolute atomic E-state index is 13.0. The summed E-state index contributed by atoms with van der Waals surface area (Å²) >= 11 is 0. The van der Waals surface area contributed by atoms with Crippen molar-refractivity contribution in [2.75, 3.05) is 19.6 Å². The van der Waals surface area contributed by atoms with E-state index in [0.717, 1.165) is 69.3 Å². The molecule has 2 heterocycles. The Balaban J connectivity index is 1.51. The molecule has 1 unspecified atom stereocenters. The number of benzene rings is 2. The van der Waals surface area contributed by atoms with Crippen LogP contribution in [0.25, 0.3) is 22.5 Å². The normalized spacial score (nSPS) is 22.7. The molecule has 3 aromatic rings. The van der Waals surface area contributed by atoms with Crippen LogP contribution in [0.3, 0.4) is 0 Å². The number of nitrogens with two attached hydrogens (primary N) is 2. The third-order valence-electron chi connectivity index (χ3n) is 7.97. The lowest BCUT2D eigenvalue weighted by Crippen LogP contribution is -2.22. The van der Waals surface area contributed by atoms with Gasteiger partial charge in [-0.2, -0.15) is 5.21 Å². The zero-order valence-corrected chi connectivity index (χ0v) is 21.3. The minimum absolute atomic E-state index is 0.0983. The Kier molecular flexibility index (Phi) is 7.47. The molecule has 1 saturated heterocycles. The number of nitrogens with one attached hydrogen (secondary N) is 2. The molecular formula is C26H35N7O2S. The van der Waals surface area contributed by atoms with E-state index in [4.69, 9.17) is 10.9 Å². The summed E-state index contributed by atoms with van der Waals surface area (Å²) < 4.78 is 26.0. The van der Waals surface area contributed by atoms with Crippen LogP contribution >= 0.6 is 0 Å². The van der Waals surface area contributed by atoms with Gasteiger partial charge < -0.3 is 11.1 Å². The molecule has 0 amide bonds. The Morgan fingerprint density at radius 2 is 1.72 bits per heavy atom. The van der Waals surface area contributed by atoms with Crippen LogP contribution in [0.1, 0.15) is 55.6 Å². The van der Waals surface area contributed by atoms with Crippen LogP contribution in [0, 0.1) is 11.8 Å². The van der Waals surface area contributed by atoms with E-state index in [1.54, 1.807) is 0 Å². The molecule has 36 heavy (non-hydrogen) atoms. The molecule has 9 nitrogen and oxygen atoms in total. The van der Waals surface area contributed by atoms with Crippen LogP contribution in [0.15, 0.2) is 41.3 Å². The largest absolute Gasteiger partial charge is 0.330 e. The van der Waals surface area contributed by atoms with Crippen molar-refractivity contribution < 1.29 is 8.42 Å². The van der Waals surface area contributed by atoms with Gasteiger partial charge in [-0.15, -0.1) is 10.2 Å². The number of H-pyrrole nitrogens is 1. The summed E-state index contributed by atoms with van der Waals surface area (Å²) in [6.07, 6.45) is 7.20. The zero-order chi connectivity index (χ0) is 25.1. The highest BCUT2D eigenvalue weighted by Crippen LogP contribution is 2.39. The second kappa shape index (κ2) is 10.8. The number of hydrogen-bond donors (Lipinski definition) is 4. The molecule has 2 aromatic carbocycles. The van der Waals surface area contributed by atoms with Gasteiger partial charge in [0.1, 0.15) is 0 Å². The van der Waals surface area contributed by atoms with Crippen LogP contribution in [-0.2, 0) is 16.4 Å². The van der Waals surface area contributed by atoms with E-state index in [1.165, 1.54) is 5.56 Å². The Bertz CT molecular complexity index is 1260. The van der Waals surface area contributed by atoms with Gasteiger partial charge in [0.15, 0.2) is 0 Å². The first-order valence-corrected chi connectivity index (χ1v) is 14.4. The fourth-order valence-electron chi connectivity index (χ4n) is 5.87. The van der Waals surface area contributed by atoms with Crippen LogP contribution < -0.4 is 16.2 Å². The first-order valence-electron chi connectivity index (χ1n) is 12.9. The number of hydrogen-bond acceptors (Lipinski definition) is 7. The molecule has 0 bridgehead atoms. The van der Waals surface area contributed by atoms with Crippen molar-refractivity contribution >= 4 is 10.0 Å². The number of aryl methyl sites for hydroxylation is 1. The molecule has 1 saturated carbocycles. The molecule has 2 fully saturated rings. The predicted octanol–water partition coefficient (Wildman–Crippen LogP) is 2.96. The molecule has 10 heteroatoms. The van der Waals surface area contributed by atoms with E-state index >= 15 is 0 Å². The summed E-state index contributed by atoms with van der Waals surface area (Å²) in [6.45, 7) is 2.75. The fourth-order valence-corrected chi connectivity index (χ4v) is 6.89. The monoisotopic (exact) mass is 509 g/mol. The molecule has 2 aliphatic rings. The summed E-state index contributed by atoms with van der Waals surface area (Å²) in [6, 6.07) is 12.2. The van der Waals surface area contributed by atoms with Crippen molar-refractivity contribution in [1.82, 2.24) is 25.9 Å². The number of sulfonamides is 1. The van der Waals surface area contributed by atoms with Gasteiger partial charge in [-0.25, -0.2) is 13.6 Å². The van der Waals surface area contributed by atoms with Gasteiger partial charge >= 0.3 is 0 Å². The summed E-state index contributed by atoms with van der Waals surface area (Å²) in [5.74, 6) is 1.90. The van der Waals surface area contributed by atoms with Crippen LogP contribution in [0.4, 0.5) is 0 Å².